The van der Waals surface area contributed by atoms with E-state index in [0.717, 1.165) is 6.20 Å². The van der Waals surface area contributed by atoms with Crippen LogP contribution in [0.1, 0.15) is 11.1 Å². The van der Waals surface area contributed by atoms with E-state index in [1.807, 2.05) is 0 Å². The van der Waals surface area contributed by atoms with Crippen LogP contribution in [0, 0.1) is 0 Å². The Morgan fingerprint density at radius 2 is 2.12 bits per heavy atom. The highest BCUT2D eigenvalue weighted by Gasteiger charge is 2.33. The van der Waals surface area contributed by atoms with Crippen molar-refractivity contribution in [3.8, 4) is 5.88 Å². The lowest BCUT2D eigenvalue weighted by molar-refractivity contribution is -0.276. The fourth-order valence-electron chi connectivity index (χ4n) is 1.05. The Balaban J connectivity index is 3.21. The van der Waals surface area contributed by atoms with Crippen LogP contribution in [0.15, 0.2) is 11.0 Å². The van der Waals surface area contributed by atoms with E-state index in [-0.39, 0.29) is 16.5 Å². The van der Waals surface area contributed by atoms with Crippen LogP contribution in [0.5, 0.6) is 5.88 Å². The van der Waals surface area contributed by atoms with Gasteiger partial charge in [-0.15, -0.1) is 13.2 Å². The van der Waals surface area contributed by atoms with Crippen molar-refractivity contribution in [3.63, 3.8) is 0 Å². The molecule has 4 nitrogen and oxygen atoms in total. The number of alkyl halides is 4. The van der Waals surface area contributed by atoms with Crippen molar-refractivity contribution in [3.05, 3.63) is 27.5 Å². The van der Waals surface area contributed by atoms with Gasteiger partial charge in [0.2, 0.25) is 5.88 Å². The van der Waals surface area contributed by atoms with E-state index in [2.05, 4.69) is 25.7 Å². The predicted octanol–water partition coefficient (Wildman–Crippen LogP) is 1.66. The Hall–Kier alpha value is -1.02. The summed E-state index contributed by atoms with van der Waals surface area (Å²) >= 11 is 2.88. The maximum absolute atomic E-state index is 12.0. The van der Waals surface area contributed by atoms with Crippen molar-refractivity contribution in [2.75, 3.05) is 0 Å². The topological polar surface area (TPSA) is 62.3 Å². The number of hydrogen-bond acceptors (Lipinski definition) is 3. The summed E-state index contributed by atoms with van der Waals surface area (Å²) in [6.07, 6.45) is -3.89. The summed E-state index contributed by atoms with van der Waals surface area (Å²) in [5.41, 5.74) is -0.926. The van der Waals surface area contributed by atoms with Crippen molar-refractivity contribution >= 4 is 15.9 Å². The van der Waals surface area contributed by atoms with Crippen LogP contribution in [-0.4, -0.2) is 16.5 Å². The van der Waals surface area contributed by atoms with Gasteiger partial charge in [-0.3, -0.25) is 4.79 Å². The molecule has 0 saturated heterocycles. The second kappa shape index (κ2) is 4.88. The van der Waals surface area contributed by atoms with Gasteiger partial charge in [-0.25, -0.2) is 0 Å². The lowest BCUT2D eigenvalue weighted by Gasteiger charge is -2.11. The summed E-state index contributed by atoms with van der Waals surface area (Å²) in [7, 11) is 0. The van der Waals surface area contributed by atoms with Crippen molar-refractivity contribution in [2.24, 2.45) is 0 Å². The number of H-pyrrole nitrogens is 1. The van der Waals surface area contributed by atoms with Crippen molar-refractivity contribution < 1.29 is 23.0 Å². The molecule has 1 rings (SSSR count). The Kier molecular flexibility index (Phi) is 3.98. The van der Waals surface area contributed by atoms with Gasteiger partial charge in [-0.2, -0.15) is 0 Å². The normalized spacial score (nSPS) is 11.6. The summed E-state index contributed by atoms with van der Waals surface area (Å²) in [6, 6.07) is 0. The largest absolute Gasteiger partial charge is 0.574 e. The lowest BCUT2D eigenvalue weighted by Crippen LogP contribution is -2.23. The lowest BCUT2D eigenvalue weighted by atomic mass is 10.2. The van der Waals surface area contributed by atoms with Gasteiger partial charge in [0.15, 0.2) is 5.43 Å². The van der Waals surface area contributed by atoms with Crippen LogP contribution in [0.25, 0.3) is 0 Å². The molecule has 1 aromatic rings. The third kappa shape index (κ3) is 2.99. The number of aromatic nitrogens is 1. The Bertz CT molecular complexity index is 430. The highest BCUT2D eigenvalue weighted by molar-refractivity contribution is 9.08. The Morgan fingerprint density at radius 3 is 2.56 bits per heavy atom. The number of ether oxygens (including phenoxy) is 1. The highest BCUT2D eigenvalue weighted by Crippen LogP contribution is 2.23. The molecule has 1 aromatic heterocycles. The molecular weight excluding hydrogens is 295 g/mol. The minimum absolute atomic E-state index is 0.0241. The fourth-order valence-corrected chi connectivity index (χ4v) is 1.56. The van der Waals surface area contributed by atoms with Crippen LogP contribution < -0.4 is 10.2 Å². The SMILES string of the molecule is O=c1c(CO)c[nH]c(OC(F)(F)F)c1CBr. The summed E-state index contributed by atoms with van der Waals surface area (Å²) < 4.78 is 39.5. The predicted molar refractivity (Wildman–Crippen MR) is 52.3 cm³/mol. The first-order valence-electron chi connectivity index (χ1n) is 4.05. The third-order valence-electron chi connectivity index (χ3n) is 1.74. The van der Waals surface area contributed by atoms with Gasteiger partial charge in [0.1, 0.15) is 0 Å². The van der Waals surface area contributed by atoms with Crippen molar-refractivity contribution in [2.45, 2.75) is 18.3 Å². The summed E-state index contributed by atoms with van der Waals surface area (Å²) in [5, 5.41) is 8.65. The van der Waals surface area contributed by atoms with Gasteiger partial charge in [0.05, 0.1) is 12.2 Å². The van der Waals surface area contributed by atoms with Crippen LogP contribution in [-0.2, 0) is 11.9 Å². The van der Waals surface area contributed by atoms with Gasteiger partial charge < -0.3 is 14.8 Å². The quantitative estimate of drug-likeness (QED) is 0.835. The molecule has 0 radical (unpaired) electrons. The second-order valence-electron chi connectivity index (χ2n) is 2.79. The van der Waals surface area contributed by atoms with Crippen LogP contribution in [0.4, 0.5) is 13.2 Å². The van der Waals surface area contributed by atoms with E-state index < -0.39 is 24.3 Å². The molecule has 0 aliphatic carbocycles. The van der Waals surface area contributed by atoms with E-state index in [0.29, 0.717) is 0 Å². The van der Waals surface area contributed by atoms with Gasteiger partial charge >= 0.3 is 6.36 Å². The van der Waals surface area contributed by atoms with Gasteiger partial charge in [0.25, 0.3) is 0 Å². The molecule has 0 fully saturated rings. The smallest absolute Gasteiger partial charge is 0.391 e. The van der Waals surface area contributed by atoms with E-state index in [1.165, 1.54) is 0 Å². The standard InChI is InChI=1S/C8H7BrF3NO3/c9-1-5-6(15)4(3-14)2-13-7(5)16-8(10,11)12/h2,14H,1,3H2,(H,13,15). The first-order valence-corrected chi connectivity index (χ1v) is 5.17. The van der Waals surface area contributed by atoms with Crippen LogP contribution in [0.2, 0.25) is 0 Å². The average Bonchev–Trinajstić information content (AvgIpc) is 2.16. The molecule has 16 heavy (non-hydrogen) atoms. The number of hydrogen-bond donors (Lipinski definition) is 2. The van der Waals surface area contributed by atoms with Crippen LogP contribution in [0.3, 0.4) is 0 Å². The maximum atomic E-state index is 12.0. The van der Waals surface area contributed by atoms with Crippen LogP contribution >= 0.6 is 15.9 Å². The van der Waals surface area contributed by atoms with Gasteiger partial charge in [-0.05, 0) is 0 Å². The molecule has 0 aliphatic heterocycles. The van der Waals surface area contributed by atoms with E-state index >= 15 is 0 Å². The first kappa shape index (κ1) is 13.0. The molecule has 2 N–H and O–H groups in total. The zero-order chi connectivity index (χ0) is 12.3. The van der Waals surface area contributed by atoms with Gasteiger partial charge in [0, 0.05) is 17.1 Å². The molecule has 90 valence electrons. The molecule has 1 heterocycles. The summed E-state index contributed by atoms with van der Waals surface area (Å²) in [4.78, 5) is 13.7. The Morgan fingerprint density at radius 1 is 1.50 bits per heavy atom. The number of rotatable bonds is 3. The van der Waals surface area contributed by atoms with E-state index in [9.17, 15) is 18.0 Å². The average molecular weight is 302 g/mol. The molecule has 8 heteroatoms. The highest BCUT2D eigenvalue weighted by atomic mass is 79.9. The monoisotopic (exact) mass is 301 g/mol. The third-order valence-corrected chi connectivity index (χ3v) is 2.30. The number of aliphatic hydroxyl groups excluding tert-OH is 1. The molecule has 0 atom stereocenters. The molecule has 0 aromatic carbocycles. The summed E-state index contributed by atoms with van der Waals surface area (Å²) in [6.45, 7) is -0.554. The zero-order valence-electron chi connectivity index (χ0n) is 7.77. The van der Waals surface area contributed by atoms with E-state index in [1.54, 1.807) is 0 Å². The van der Waals surface area contributed by atoms with E-state index in [4.69, 9.17) is 5.11 Å². The molecule has 0 saturated carbocycles. The van der Waals surface area contributed by atoms with Crippen molar-refractivity contribution in [1.29, 1.82) is 0 Å². The number of halogens is 4. The first-order chi connectivity index (χ1) is 7.39. The number of aliphatic hydroxyl groups is 1. The number of nitrogens with one attached hydrogen (secondary N) is 1. The Labute approximate surface area is 96.2 Å². The fraction of sp³-hybridized carbons (Fsp3) is 0.375. The minimum atomic E-state index is -4.87. The number of aromatic amines is 1. The number of pyridine rings is 1. The molecule has 0 aliphatic rings. The molecule has 0 amide bonds. The minimum Gasteiger partial charge on any atom is -0.391 e. The summed E-state index contributed by atoms with van der Waals surface area (Å²) in [5.74, 6) is -0.674. The van der Waals surface area contributed by atoms with Gasteiger partial charge in [-0.1, -0.05) is 15.9 Å². The zero-order valence-corrected chi connectivity index (χ0v) is 9.35. The molecule has 0 bridgehead atoms. The second-order valence-corrected chi connectivity index (χ2v) is 3.35. The molecule has 0 spiro atoms. The molecule has 0 unspecified atom stereocenters. The molecular formula is C8H7BrF3NO3. The van der Waals surface area contributed by atoms with Crippen molar-refractivity contribution in [1.82, 2.24) is 4.98 Å². The maximum Gasteiger partial charge on any atom is 0.574 e.